The molecule has 1 unspecified atom stereocenters. The van der Waals surface area contributed by atoms with E-state index >= 15 is 0 Å². The molecule has 0 saturated carbocycles. The molecule has 1 rings (SSSR count). The molecule has 5 nitrogen and oxygen atoms in total. The van der Waals surface area contributed by atoms with Crippen LogP contribution < -0.4 is 10.6 Å². The van der Waals surface area contributed by atoms with E-state index in [0.717, 1.165) is 19.3 Å². The number of rotatable bonds is 2. The van der Waals surface area contributed by atoms with Crippen LogP contribution in [0.5, 0.6) is 0 Å². The Hall–Kier alpha value is -1.26. The Morgan fingerprint density at radius 2 is 2.13 bits per heavy atom. The van der Waals surface area contributed by atoms with Gasteiger partial charge in [-0.15, -0.1) is 0 Å². The van der Waals surface area contributed by atoms with Crippen LogP contribution in [0.15, 0.2) is 0 Å². The summed E-state index contributed by atoms with van der Waals surface area (Å²) in [5, 5.41) is 5.33. The fraction of sp³-hybridized carbons (Fsp3) is 0.800. The van der Waals surface area contributed by atoms with E-state index in [4.69, 9.17) is 0 Å². The third-order valence-corrected chi connectivity index (χ3v) is 2.64. The van der Waals surface area contributed by atoms with Crippen molar-refractivity contribution in [2.45, 2.75) is 32.2 Å². The lowest BCUT2D eigenvalue weighted by atomic mass is 10.0. The molecule has 86 valence electrons. The average Bonchev–Trinajstić information content (AvgIpc) is 2.28. The van der Waals surface area contributed by atoms with Crippen molar-refractivity contribution in [2.24, 2.45) is 0 Å². The smallest absolute Gasteiger partial charge is 0.318 e. The average molecular weight is 213 g/mol. The molecule has 0 radical (unpaired) electrons. The number of piperidine rings is 1. The first kappa shape index (κ1) is 11.8. The number of carbonyl (C=O) groups is 2. The molecule has 5 heteroatoms. The second-order valence-corrected chi connectivity index (χ2v) is 3.65. The zero-order chi connectivity index (χ0) is 11.3. The third-order valence-electron chi connectivity index (χ3n) is 2.64. The molecule has 0 aromatic heterocycles. The van der Waals surface area contributed by atoms with Gasteiger partial charge in [-0.3, -0.25) is 4.79 Å². The van der Waals surface area contributed by atoms with Crippen molar-refractivity contribution in [1.82, 2.24) is 15.5 Å². The highest BCUT2D eigenvalue weighted by Crippen LogP contribution is 2.16. The molecule has 1 fully saturated rings. The molecule has 3 amide bonds. The summed E-state index contributed by atoms with van der Waals surface area (Å²) in [6.07, 6.45) is 2.75. The Morgan fingerprint density at radius 1 is 1.40 bits per heavy atom. The molecule has 0 spiro atoms. The molecule has 1 atom stereocenters. The van der Waals surface area contributed by atoms with E-state index < -0.39 is 0 Å². The topological polar surface area (TPSA) is 61.4 Å². The Labute approximate surface area is 90.2 Å². The number of likely N-dealkylation sites (N-methyl/N-ethyl adjacent to an activating group) is 1. The van der Waals surface area contributed by atoms with Crippen molar-refractivity contribution in [3.63, 3.8) is 0 Å². The van der Waals surface area contributed by atoms with Crippen molar-refractivity contribution in [2.75, 3.05) is 20.1 Å². The number of likely N-dealkylation sites (tertiary alicyclic amines) is 1. The molecule has 1 saturated heterocycles. The number of urea groups is 1. The Bertz CT molecular complexity index is 243. The van der Waals surface area contributed by atoms with Crippen LogP contribution in [0.4, 0.5) is 4.79 Å². The van der Waals surface area contributed by atoms with Gasteiger partial charge >= 0.3 is 6.03 Å². The summed E-state index contributed by atoms with van der Waals surface area (Å²) in [7, 11) is 1.60. The van der Waals surface area contributed by atoms with Crippen molar-refractivity contribution in [3.8, 4) is 0 Å². The summed E-state index contributed by atoms with van der Waals surface area (Å²) < 4.78 is 0. The van der Waals surface area contributed by atoms with Crippen LogP contribution in [0.2, 0.25) is 0 Å². The van der Waals surface area contributed by atoms with Gasteiger partial charge in [0.2, 0.25) is 5.91 Å². The number of nitrogens with zero attached hydrogens (tertiary/aromatic N) is 1. The minimum Gasteiger partial charge on any atom is -0.357 e. The van der Waals surface area contributed by atoms with Crippen molar-refractivity contribution in [3.05, 3.63) is 0 Å². The Kier molecular flexibility index (Phi) is 4.39. The van der Waals surface area contributed by atoms with Gasteiger partial charge in [-0.1, -0.05) is 0 Å². The number of amides is 3. The van der Waals surface area contributed by atoms with Crippen molar-refractivity contribution in [1.29, 1.82) is 0 Å². The molecule has 0 aromatic rings. The van der Waals surface area contributed by atoms with Crippen LogP contribution in [0.3, 0.4) is 0 Å². The molecule has 1 heterocycles. The van der Waals surface area contributed by atoms with Crippen LogP contribution in [0, 0.1) is 0 Å². The van der Waals surface area contributed by atoms with E-state index in [9.17, 15) is 9.59 Å². The van der Waals surface area contributed by atoms with Gasteiger partial charge < -0.3 is 15.5 Å². The predicted molar refractivity (Wildman–Crippen MR) is 57.5 cm³/mol. The fourth-order valence-corrected chi connectivity index (χ4v) is 1.87. The largest absolute Gasteiger partial charge is 0.357 e. The van der Waals surface area contributed by atoms with Gasteiger partial charge in [0.15, 0.2) is 0 Å². The third kappa shape index (κ3) is 2.84. The molecule has 0 bridgehead atoms. The SMILES string of the molecule is CCNC(=O)N1CCCCC1C(=O)NC. The van der Waals surface area contributed by atoms with Crippen LogP contribution in [-0.4, -0.2) is 43.0 Å². The minimum absolute atomic E-state index is 0.0686. The summed E-state index contributed by atoms with van der Waals surface area (Å²) in [4.78, 5) is 24.8. The fourth-order valence-electron chi connectivity index (χ4n) is 1.87. The first-order valence-corrected chi connectivity index (χ1v) is 5.46. The zero-order valence-electron chi connectivity index (χ0n) is 9.38. The number of carbonyl (C=O) groups excluding carboxylic acids is 2. The summed E-state index contributed by atoms with van der Waals surface area (Å²) in [6.45, 7) is 3.14. The van der Waals surface area contributed by atoms with Gasteiger partial charge in [-0.05, 0) is 26.2 Å². The Balaban J connectivity index is 2.65. The number of hydrogen-bond acceptors (Lipinski definition) is 2. The van der Waals surface area contributed by atoms with E-state index in [1.54, 1.807) is 11.9 Å². The monoisotopic (exact) mass is 213 g/mol. The number of hydrogen-bond donors (Lipinski definition) is 2. The van der Waals surface area contributed by atoms with Crippen LogP contribution in [0.1, 0.15) is 26.2 Å². The summed E-state index contributed by atoms with van der Waals surface area (Å²) >= 11 is 0. The summed E-state index contributed by atoms with van der Waals surface area (Å²) in [6, 6.07) is -0.430. The highest BCUT2D eigenvalue weighted by Gasteiger charge is 2.30. The van der Waals surface area contributed by atoms with Gasteiger partial charge in [-0.25, -0.2) is 4.79 Å². The molecule has 2 N–H and O–H groups in total. The molecule has 0 aliphatic carbocycles. The van der Waals surface area contributed by atoms with Gasteiger partial charge in [0.05, 0.1) is 0 Å². The van der Waals surface area contributed by atoms with Gasteiger partial charge in [-0.2, -0.15) is 0 Å². The van der Waals surface area contributed by atoms with Crippen LogP contribution in [0.25, 0.3) is 0 Å². The van der Waals surface area contributed by atoms with Crippen LogP contribution in [-0.2, 0) is 4.79 Å². The van der Waals surface area contributed by atoms with E-state index in [2.05, 4.69) is 10.6 Å². The minimum atomic E-state index is -0.296. The quantitative estimate of drug-likeness (QED) is 0.693. The van der Waals surface area contributed by atoms with Gasteiger partial charge in [0, 0.05) is 20.1 Å². The number of nitrogens with one attached hydrogen (secondary N) is 2. The second kappa shape index (κ2) is 5.58. The predicted octanol–water partition coefficient (Wildman–Crippen LogP) is 0.316. The molecular weight excluding hydrogens is 194 g/mol. The molecule has 15 heavy (non-hydrogen) atoms. The van der Waals surface area contributed by atoms with E-state index in [-0.39, 0.29) is 18.0 Å². The lowest BCUT2D eigenvalue weighted by Gasteiger charge is -2.34. The molecule has 0 aromatic carbocycles. The van der Waals surface area contributed by atoms with E-state index in [1.807, 2.05) is 6.92 Å². The zero-order valence-corrected chi connectivity index (χ0v) is 9.38. The molecule has 1 aliphatic heterocycles. The van der Waals surface area contributed by atoms with Crippen molar-refractivity contribution >= 4 is 11.9 Å². The normalized spacial score (nSPS) is 20.9. The maximum atomic E-state index is 11.7. The lowest BCUT2D eigenvalue weighted by molar-refractivity contribution is -0.125. The van der Waals surface area contributed by atoms with Crippen molar-refractivity contribution < 1.29 is 9.59 Å². The van der Waals surface area contributed by atoms with E-state index in [1.165, 1.54) is 0 Å². The van der Waals surface area contributed by atoms with Crippen LogP contribution >= 0.6 is 0 Å². The van der Waals surface area contributed by atoms with Gasteiger partial charge in [0.25, 0.3) is 0 Å². The maximum absolute atomic E-state index is 11.7. The summed E-state index contributed by atoms with van der Waals surface area (Å²) in [5.74, 6) is -0.0686. The molecular formula is C10H19N3O2. The highest BCUT2D eigenvalue weighted by molar-refractivity contribution is 5.87. The molecule has 1 aliphatic rings. The standard InChI is InChI=1S/C10H19N3O2/c1-3-12-10(15)13-7-5-4-6-8(13)9(14)11-2/h8H,3-7H2,1-2H3,(H,11,14)(H,12,15). The van der Waals surface area contributed by atoms with Gasteiger partial charge in [0.1, 0.15) is 6.04 Å². The second-order valence-electron chi connectivity index (χ2n) is 3.65. The first-order valence-electron chi connectivity index (χ1n) is 5.46. The Morgan fingerprint density at radius 3 is 2.73 bits per heavy atom. The lowest BCUT2D eigenvalue weighted by Crippen LogP contribution is -2.54. The first-order chi connectivity index (χ1) is 7.20. The highest BCUT2D eigenvalue weighted by atomic mass is 16.2. The maximum Gasteiger partial charge on any atom is 0.318 e. The van der Waals surface area contributed by atoms with E-state index in [0.29, 0.717) is 13.1 Å². The summed E-state index contributed by atoms with van der Waals surface area (Å²) in [5.41, 5.74) is 0.